The maximum Gasteiger partial charge on any atom is 0.225 e. The number of hydrogen-bond donors (Lipinski definition) is 3. The normalized spacial score (nSPS) is 23.3. The number of amides is 1. The molecular weight excluding hydrogens is 399 g/mol. The van der Waals surface area contributed by atoms with E-state index in [9.17, 15) is 15.1 Å². The van der Waals surface area contributed by atoms with Gasteiger partial charge in [0.05, 0.1) is 0 Å². The summed E-state index contributed by atoms with van der Waals surface area (Å²) in [5.41, 5.74) is 7.85. The molecule has 162 valence electrons. The lowest BCUT2D eigenvalue weighted by molar-refractivity contribution is -0.523. The van der Waals surface area contributed by atoms with Crippen LogP contribution in [0.5, 0.6) is 5.75 Å². The van der Waals surface area contributed by atoms with Crippen LogP contribution in [0.3, 0.4) is 0 Å². The number of aromatic hydroxyl groups is 1. The molecule has 2 heterocycles. The average Bonchev–Trinajstić information content (AvgIpc) is 3.42. The molecule has 8 heteroatoms. The lowest BCUT2D eigenvalue weighted by Crippen LogP contribution is -2.31. The van der Waals surface area contributed by atoms with Crippen LogP contribution < -0.4 is 11.0 Å². The summed E-state index contributed by atoms with van der Waals surface area (Å²) in [6.07, 6.45) is 3.33. The van der Waals surface area contributed by atoms with Gasteiger partial charge in [0, 0.05) is 31.0 Å². The predicted octanol–water partition coefficient (Wildman–Crippen LogP) is 2.86. The van der Waals surface area contributed by atoms with Gasteiger partial charge >= 0.3 is 0 Å². The Bertz CT molecular complexity index is 1040. The van der Waals surface area contributed by atoms with Gasteiger partial charge in [0.25, 0.3) is 0 Å². The van der Waals surface area contributed by atoms with E-state index in [4.69, 9.17) is 0 Å². The summed E-state index contributed by atoms with van der Waals surface area (Å²) < 4.78 is 15.0. The second-order valence-corrected chi connectivity index (χ2v) is 8.68. The van der Waals surface area contributed by atoms with Gasteiger partial charge in [0.1, 0.15) is 17.6 Å². The molecule has 1 saturated heterocycles. The van der Waals surface area contributed by atoms with Gasteiger partial charge in [-0.3, -0.25) is 4.79 Å². The third-order valence-electron chi connectivity index (χ3n) is 6.44. The second-order valence-electron chi connectivity index (χ2n) is 8.68. The predicted molar refractivity (Wildman–Crippen MR) is 113 cm³/mol. The average molecular weight is 424 g/mol. The number of phenolic OH excluding ortho intramolecular Hbond substituents is 1. The van der Waals surface area contributed by atoms with Gasteiger partial charge in [-0.2, -0.15) is 5.43 Å². The van der Waals surface area contributed by atoms with E-state index in [1.54, 1.807) is 30.3 Å². The highest BCUT2D eigenvalue weighted by atomic mass is 19.1. The molecular formula is C23H25FN4O3. The largest absolute Gasteiger partial charge is 0.595 e. The molecule has 0 bridgehead atoms. The molecule has 7 nitrogen and oxygen atoms in total. The third kappa shape index (κ3) is 3.95. The minimum Gasteiger partial charge on any atom is -0.595 e. The Morgan fingerprint density at radius 2 is 1.90 bits per heavy atom. The highest BCUT2D eigenvalue weighted by Gasteiger charge is 2.40. The van der Waals surface area contributed by atoms with Crippen molar-refractivity contribution < 1.29 is 19.1 Å². The van der Waals surface area contributed by atoms with Gasteiger partial charge in [-0.15, -0.1) is 5.53 Å². The summed E-state index contributed by atoms with van der Waals surface area (Å²) >= 11 is 0. The first kappa shape index (κ1) is 19.8. The fraction of sp³-hybridized carbons (Fsp3) is 0.391. The van der Waals surface area contributed by atoms with Gasteiger partial charge in [-0.1, -0.05) is 29.1 Å². The molecule has 3 N–H and O–H groups in total. The minimum atomic E-state index is -0.570. The van der Waals surface area contributed by atoms with Crippen LogP contribution in [0.1, 0.15) is 37.3 Å². The van der Waals surface area contributed by atoms with Crippen molar-refractivity contribution in [3.63, 3.8) is 0 Å². The first-order chi connectivity index (χ1) is 15.0. The number of phenols is 1. The van der Waals surface area contributed by atoms with Crippen LogP contribution in [0.2, 0.25) is 0 Å². The smallest absolute Gasteiger partial charge is 0.225 e. The van der Waals surface area contributed by atoms with E-state index in [0.29, 0.717) is 34.7 Å². The topological polar surface area (TPSA) is 90.7 Å². The quantitative estimate of drug-likeness (QED) is 0.507. The molecule has 1 saturated carbocycles. The number of nitrogens with one attached hydrogen (secondary N) is 2. The summed E-state index contributed by atoms with van der Waals surface area (Å²) in [4.78, 5) is 14.9. The molecule has 2 aliphatic heterocycles. The zero-order valence-corrected chi connectivity index (χ0v) is 17.1. The summed E-state index contributed by atoms with van der Waals surface area (Å²) in [6, 6.07) is 10.9. The molecule has 0 radical (unpaired) electrons. The van der Waals surface area contributed by atoms with Crippen LogP contribution in [0.25, 0.3) is 11.1 Å². The van der Waals surface area contributed by atoms with Gasteiger partial charge in [0.15, 0.2) is 0 Å². The fourth-order valence-electron chi connectivity index (χ4n) is 4.53. The van der Waals surface area contributed by atoms with E-state index in [2.05, 4.69) is 11.0 Å². The van der Waals surface area contributed by atoms with Crippen LogP contribution in [0.15, 0.2) is 42.5 Å². The van der Waals surface area contributed by atoms with E-state index in [-0.39, 0.29) is 23.5 Å². The Hall–Kier alpha value is -3.13. The lowest BCUT2D eigenvalue weighted by atomic mass is 9.92. The lowest BCUT2D eigenvalue weighted by Gasteiger charge is -2.17. The Balaban J connectivity index is 1.31. The Kier molecular flexibility index (Phi) is 5.02. The molecule has 0 aromatic heterocycles. The molecule has 2 aromatic carbocycles. The monoisotopic (exact) mass is 424 g/mol. The third-order valence-corrected chi connectivity index (χ3v) is 6.44. The number of halogens is 1. The number of hydrazone groups is 1. The zero-order valence-electron chi connectivity index (χ0n) is 17.1. The number of hydrogen-bond acceptors (Lipinski definition) is 5. The molecule has 1 aliphatic carbocycles. The van der Waals surface area contributed by atoms with Crippen molar-refractivity contribution in [2.24, 2.45) is 11.8 Å². The van der Waals surface area contributed by atoms with Gasteiger partial charge < -0.3 is 15.2 Å². The van der Waals surface area contributed by atoms with E-state index in [0.717, 1.165) is 31.4 Å². The van der Waals surface area contributed by atoms with Crippen LogP contribution in [-0.4, -0.2) is 39.6 Å². The van der Waals surface area contributed by atoms with Crippen LogP contribution in [0.4, 0.5) is 4.39 Å². The highest BCUT2D eigenvalue weighted by molar-refractivity contribution is 5.88. The van der Waals surface area contributed by atoms with Gasteiger partial charge in [-0.25, -0.2) is 4.39 Å². The molecule has 1 amide bonds. The first-order valence-electron chi connectivity index (χ1n) is 10.7. The first-order valence-corrected chi connectivity index (χ1v) is 10.7. The molecule has 2 fully saturated rings. The van der Waals surface area contributed by atoms with Crippen molar-refractivity contribution in [1.29, 1.82) is 0 Å². The number of likely N-dealkylation sites (tertiary alicyclic amines) is 1. The van der Waals surface area contributed by atoms with E-state index >= 15 is 4.39 Å². The molecule has 2 aromatic rings. The highest BCUT2D eigenvalue weighted by Crippen LogP contribution is 2.34. The van der Waals surface area contributed by atoms with Crippen molar-refractivity contribution in [3.8, 4) is 16.9 Å². The van der Waals surface area contributed by atoms with Crippen molar-refractivity contribution in [2.45, 2.75) is 31.7 Å². The van der Waals surface area contributed by atoms with Crippen molar-refractivity contribution in [1.82, 2.24) is 15.9 Å². The minimum absolute atomic E-state index is 0.154. The standard InChI is InChI=1S/C23H25FN4O3/c24-20-12-17(15-3-6-18(29)7-4-15)5-8-19(20)22-21(28(31)26-25-22)11-14-9-10-27(13-14)23(30)16-1-2-16/h3-8,12,14,16,22,25-26,29H,1-2,9-11,13H2/t14-,22?/m0/s1. The number of hydrazine groups is 2. The number of nitrogens with zero attached hydrogens (tertiary/aromatic N) is 2. The van der Waals surface area contributed by atoms with Crippen molar-refractivity contribution in [3.05, 3.63) is 59.1 Å². The summed E-state index contributed by atoms with van der Waals surface area (Å²) in [7, 11) is 0. The SMILES string of the molecule is O=C(C1CC1)N1CC[C@@H](CC2=[N+]([O-])NNC2c2ccc(-c3ccc(O)cc3)cc2F)C1. The second kappa shape index (κ2) is 7.85. The number of benzene rings is 2. The van der Waals surface area contributed by atoms with E-state index in [1.165, 1.54) is 6.07 Å². The summed E-state index contributed by atoms with van der Waals surface area (Å²) in [6.45, 7) is 1.38. The summed E-state index contributed by atoms with van der Waals surface area (Å²) in [5, 5.41) is 21.8. The van der Waals surface area contributed by atoms with Crippen LogP contribution in [0, 0.1) is 22.9 Å². The van der Waals surface area contributed by atoms with Gasteiger partial charge in [0.2, 0.25) is 11.6 Å². The summed E-state index contributed by atoms with van der Waals surface area (Å²) in [5.74, 6) is 0.376. The molecule has 0 spiro atoms. The maximum atomic E-state index is 15.0. The van der Waals surface area contributed by atoms with E-state index < -0.39 is 11.9 Å². The maximum absolute atomic E-state index is 15.0. The Morgan fingerprint density at radius 3 is 2.61 bits per heavy atom. The van der Waals surface area contributed by atoms with Crippen LogP contribution in [-0.2, 0) is 4.79 Å². The number of carbonyl (C=O) groups is 1. The molecule has 5 rings (SSSR count). The molecule has 31 heavy (non-hydrogen) atoms. The molecule has 1 unspecified atom stereocenters. The molecule has 3 aliphatic rings. The zero-order chi connectivity index (χ0) is 21.5. The van der Waals surface area contributed by atoms with E-state index in [1.807, 2.05) is 11.0 Å². The Labute approximate surface area is 179 Å². The Morgan fingerprint density at radius 1 is 1.16 bits per heavy atom. The molecule has 2 atom stereocenters. The fourth-order valence-corrected chi connectivity index (χ4v) is 4.53. The van der Waals surface area contributed by atoms with Crippen molar-refractivity contribution >= 4 is 11.6 Å². The van der Waals surface area contributed by atoms with Gasteiger partial charge in [-0.05, 0) is 54.5 Å². The van der Waals surface area contributed by atoms with Crippen LogP contribution >= 0.6 is 0 Å². The van der Waals surface area contributed by atoms with Crippen molar-refractivity contribution in [2.75, 3.05) is 13.1 Å². The number of carbonyl (C=O) groups excluding carboxylic acids is 1. The number of rotatable bonds is 5.